The third kappa shape index (κ3) is 1.50. The number of benzene rings is 1. The van der Waals surface area contributed by atoms with Crippen LogP contribution in [0.3, 0.4) is 0 Å². The van der Waals surface area contributed by atoms with E-state index >= 15 is 0 Å². The lowest BCUT2D eigenvalue weighted by Gasteiger charge is -2.00. The second kappa shape index (κ2) is 2.90. The monoisotopic (exact) mass is 164 g/mol. The van der Waals surface area contributed by atoms with Crippen molar-refractivity contribution >= 4 is 12.6 Å². The Morgan fingerprint density at radius 2 is 2.17 bits per heavy atom. The van der Waals surface area contributed by atoms with Crippen molar-refractivity contribution in [3.8, 4) is 0 Å². The summed E-state index contributed by atoms with van der Waals surface area (Å²) in [5, 5.41) is 17.7. The third-order valence-electron chi connectivity index (χ3n) is 1.91. The highest BCUT2D eigenvalue weighted by Gasteiger charge is 2.25. The average Bonchev–Trinajstić information content (AvgIpc) is 2.87. The molecule has 0 bridgehead atoms. The van der Waals surface area contributed by atoms with Gasteiger partial charge in [0, 0.05) is 0 Å². The van der Waals surface area contributed by atoms with Gasteiger partial charge in [-0.15, -0.1) is 0 Å². The predicted octanol–water partition coefficient (Wildman–Crippen LogP) is -0.562. The van der Waals surface area contributed by atoms with E-state index in [0.29, 0.717) is 5.46 Å². The van der Waals surface area contributed by atoms with E-state index in [1.54, 1.807) is 18.2 Å². The maximum Gasteiger partial charge on any atom is 0.488 e. The zero-order valence-corrected chi connectivity index (χ0v) is 6.47. The first-order valence-electron chi connectivity index (χ1n) is 3.85. The van der Waals surface area contributed by atoms with Crippen LogP contribution in [0.15, 0.2) is 24.3 Å². The first-order chi connectivity index (χ1) is 5.77. The minimum Gasteiger partial charge on any atom is -0.423 e. The second-order valence-electron chi connectivity index (χ2n) is 2.87. The largest absolute Gasteiger partial charge is 0.488 e. The molecule has 12 heavy (non-hydrogen) atoms. The van der Waals surface area contributed by atoms with Gasteiger partial charge >= 0.3 is 7.12 Å². The van der Waals surface area contributed by atoms with Gasteiger partial charge in [0.15, 0.2) is 0 Å². The molecule has 1 heterocycles. The number of ether oxygens (including phenoxy) is 1. The van der Waals surface area contributed by atoms with Gasteiger partial charge in [-0.05, 0) is 11.0 Å². The Bertz CT molecular complexity index is 266. The van der Waals surface area contributed by atoms with Crippen molar-refractivity contribution in [1.29, 1.82) is 0 Å². The second-order valence-corrected chi connectivity index (χ2v) is 2.87. The third-order valence-corrected chi connectivity index (χ3v) is 1.91. The summed E-state index contributed by atoms with van der Waals surface area (Å²) >= 11 is 0. The fraction of sp³-hybridized carbons (Fsp3) is 0.250. The number of rotatable bonds is 2. The van der Waals surface area contributed by atoms with Gasteiger partial charge in [-0.1, -0.05) is 24.3 Å². The molecule has 62 valence electrons. The van der Waals surface area contributed by atoms with Gasteiger partial charge in [-0.3, -0.25) is 0 Å². The van der Waals surface area contributed by atoms with Crippen molar-refractivity contribution in [3.05, 3.63) is 29.8 Å². The van der Waals surface area contributed by atoms with Crippen LogP contribution in [0.4, 0.5) is 0 Å². The van der Waals surface area contributed by atoms with Crippen LogP contribution in [0.5, 0.6) is 0 Å². The van der Waals surface area contributed by atoms with Crippen molar-refractivity contribution in [2.45, 2.75) is 6.10 Å². The number of hydrogen-bond donors (Lipinski definition) is 2. The zero-order valence-electron chi connectivity index (χ0n) is 6.47. The molecule has 0 aromatic heterocycles. The predicted molar refractivity (Wildman–Crippen MR) is 45.0 cm³/mol. The van der Waals surface area contributed by atoms with E-state index in [9.17, 15) is 0 Å². The molecular weight excluding hydrogens is 155 g/mol. The number of epoxide rings is 1. The molecule has 0 amide bonds. The summed E-state index contributed by atoms with van der Waals surface area (Å²) in [5.41, 5.74) is 1.53. The lowest BCUT2D eigenvalue weighted by molar-refractivity contribution is 0.415. The zero-order chi connectivity index (χ0) is 8.55. The van der Waals surface area contributed by atoms with Crippen molar-refractivity contribution < 1.29 is 14.8 Å². The highest BCUT2D eigenvalue weighted by atomic mass is 16.6. The SMILES string of the molecule is OB(O)c1cccc(C2CO2)c1. The molecule has 0 saturated carbocycles. The first kappa shape index (κ1) is 7.80. The molecule has 3 nitrogen and oxygen atoms in total. The Morgan fingerprint density at radius 3 is 2.75 bits per heavy atom. The summed E-state index contributed by atoms with van der Waals surface area (Å²) in [4.78, 5) is 0. The van der Waals surface area contributed by atoms with E-state index in [1.165, 1.54) is 0 Å². The van der Waals surface area contributed by atoms with Crippen molar-refractivity contribution in [2.75, 3.05) is 6.61 Å². The molecule has 0 spiro atoms. The van der Waals surface area contributed by atoms with Crippen LogP contribution in [0.2, 0.25) is 0 Å². The average molecular weight is 164 g/mol. The van der Waals surface area contributed by atoms with Crippen LogP contribution in [0.25, 0.3) is 0 Å². The Hall–Kier alpha value is -0.835. The summed E-state index contributed by atoms with van der Waals surface area (Å²) in [6, 6.07) is 7.15. The highest BCUT2D eigenvalue weighted by molar-refractivity contribution is 6.58. The molecule has 2 N–H and O–H groups in total. The van der Waals surface area contributed by atoms with Crippen molar-refractivity contribution in [1.82, 2.24) is 0 Å². The van der Waals surface area contributed by atoms with Gasteiger partial charge < -0.3 is 14.8 Å². The van der Waals surface area contributed by atoms with E-state index in [1.807, 2.05) is 6.07 Å². The highest BCUT2D eigenvalue weighted by Crippen LogP contribution is 2.28. The summed E-state index contributed by atoms with van der Waals surface area (Å²) in [6.07, 6.45) is 0.170. The fourth-order valence-corrected chi connectivity index (χ4v) is 1.16. The van der Waals surface area contributed by atoms with Gasteiger partial charge in [0.05, 0.1) is 6.61 Å². The van der Waals surface area contributed by atoms with Gasteiger partial charge in [-0.2, -0.15) is 0 Å². The van der Waals surface area contributed by atoms with Crippen LogP contribution in [-0.4, -0.2) is 23.8 Å². The fourth-order valence-electron chi connectivity index (χ4n) is 1.16. The molecule has 0 radical (unpaired) electrons. The van der Waals surface area contributed by atoms with Crippen LogP contribution in [-0.2, 0) is 4.74 Å². The van der Waals surface area contributed by atoms with E-state index in [-0.39, 0.29) is 6.10 Å². The van der Waals surface area contributed by atoms with Crippen LogP contribution >= 0.6 is 0 Å². The Labute approximate surface area is 70.8 Å². The van der Waals surface area contributed by atoms with Crippen LogP contribution < -0.4 is 5.46 Å². The maximum absolute atomic E-state index is 8.87. The minimum atomic E-state index is -1.39. The normalized spacial score (nSPS) is 20.7. The van der Waals surface area contributed by atoms with Gasteiger partial charge in [-0.25, -0.2) is 0 Å². The van der Waals surface area contributed by atoms with Gasteiger partial charge in [0.25, 0.3) is 0 Å². The van der Waals surface area contributed by atoms with Crippen molar-refractivity contribution in [3.63, 3.8) is 0 Å². The molecule has 1 aromatic carbocycles. The molecule has 1 aromatic rings. The number of hydrogen-bond acceptors (Lipinski definition) is 3. The van der Waals surface area contributed by atoms with E-state index in [2.05, 4.69) is 0 Å². The lowest BCUT2D eigenvalue weighted by Crippen LogP contribution is -2.29. The van der Waals surface area contributed by atoms with E-state index in [0.717, 1.165) is 12.2 Å². The summed E-state index contributed by atoms with van der Waals surface area (Å²) in [5.74, 6) is 0. The van der Waals surface area contributed by atoms with Gasteiger partial charge in [0.1, 0.15) is 6.10 Å². The molecule has 0 aliphatic carbocycles. The first-order valence-corrected chi connectivity index (χ1v) is 3.85. The summed E-state index contributed by atoms with van der Waals surface area (Å²) in [6.45, 7) is 0.741. The molecule has 1 atom stereocenters. The Balaban J connectivity index is 2.26. The topological polar surface area (TPSA) is 53.0 Å². The molecule has 4 heteroatoms. The standard InChI is InChI=1S/C8H9BO3/c10-9(11)7-3-1-2-6(4-7)8-5-12-8/h1-4,8,10-11H,5H2. The minimum absolute atomic E-state index is 0.170. The summed E-state index contributed by atoms with van der Waals surface area (Å²) < 4.78 is 5.07. The van der Waals surface area contributed by atoms with Crippen molar-refractivity contribution in [2.24, 2.45) is 0 Å². The lowest BCUT2D eigenvalue weighted by atomic mass is 9.79. The Morgan fingerprint density at radius 1 is 1.42 bits per heavy atom. The van der Waals surface area contributed by atoms with Crippen LogP contribution in [0, 0.1) is 0 Å². The Kier molecular flexibility index (Phi) is 1.88. The molecule has 1 saturated heterocycles. The molecule has 1 unspecified atom stereocenters. The smallest absolute Gasteiger partial charge is 0.423 e. The summed E-state index contributed by atoms with van der Waals surface area (Å²) in [7, 11) is -1.39. The molecule has 2 rings (SSSR count). The molecule has 1 aliphatic heterocycles. The molecular formula is C8H9BO3. The van der Waals surface area contributed by atoms with Gasteiger partial charge in [0.2, 0.25) is 0 Å². The maximum atomic E-state index is 8.87. The quantitative estimate of drug-likeness (QED) is 0.454. The van der Waals surface area contributed by atoms with Crippen LogP contribution in [0.1, 0.15) is 11.7 Å². The molecule has 1 fully saturated rings. The van der Waals surface area contributed by atoms with E-state index in [4.69, 9.17) is 14.8 Å². The molecule has 1 aliphatic rings. The van der Waals surface area contributed by atoms with E-state index < -0.39 is 7.12 Å².